The first-order valence-electron chi connectivity index (χ1n) is 11.0. The maximum atomic E-state index is 13.3. The van der Waals surface area contributed by atoms with Crippen LogP contribution in [0, 0.1) is 11.7 Å². The third-order valence-electron chi connectivity index (χ3n) is 6.09. The highest BCUT2D eigenvalue weighted by molar-refractivity contribution is 6.53. The van der Waals surface area contributed by atoms with Crippen LogP contribution in [0.2, 0.25) is 10.0 Å². The molecule has 3 aromatic carbocycles. The summed E-state index contributed by atoms with van der Waals surface area (Å²) in [5.74, 6) is -2.34. The summed E-state index contributed by atoms with van der Waals surface area (Å²) in [7, 11) is 0. The first-order valence-corrected chi connectivity index (χ1v) is 12.6. The van der Waals surface area contributed by atoms with E-state index in [0.717, 1.165) is 0 Å². The summed E-state index contributed by atoms with van der Waals surface area (Å²) in [6, 6.07) is 15.4. The predicted molar refractivity (Wildman–Crippen MR) is 142 cm³/mol. The van der Waals surface area contributed by atoms with Crippen LogP contribution in [0.3, 0.4) is 0 Å². The van der Waals surface area contributed by atoms with Gasteiger partial charge < -0.3 is 5.32 Å². The lowest BCUT2D eigenvalue weighted by Crippen LogP contribution is -2.18. The molecule has 4 aromatic rings. The zero-order valence-corrected chi connectivity index (χ0v) is 21.9. The lowest BCUT2D eigenvalue weighted by molar-refractivity contribution is -0.117. The van der Waals surface area contributed by atoms with Crippen LogP contribution >= 0.6 is 46.4 Å². The number of halogens is 5. The van der Waals surface area contributed by atoms with Crippen LogP contribution in [0.25, 0.3) is 5.69 Å². The zero-order valence-electron chi connectivity index (χ0n) is 18.8. The normalized spacial score (nSPS) is 17.9. The van der Waals surface area contributed by atoms with Crippen LogP contribution in [-0.4, -0.2) is 30.8 Å². The Morgan fingerprint density at radius 2 is 1.70 bits per heavy atom. The van der Waals surface area contributed by atoms with Crippen molar-refractivity contribution in [3.8, 4) is 5.69 Å². The maximum Gasteiger partial charge on any atom is 0.231 e. The van der Waals surface area contributed by atoms with Crippen LogP contribution < -0.4 is 5.32 Å². The molecule has 0 saturated heterocycles. The smallest absolute Gasteiger partial charge is 0.231 e. The molecule has 2 atom stereocenters. The van der Waals surface area contributed by atoms with Crippen molar-refractivity contribution in [3.63, 3.8) is 0 Å². The molecular formula is C26H17Cl4FN4O2. The summed E-state index contributed by atoms with van der Waals surface area (Å²) in [5, 5.41) is 7.74. The first kappa shape index (κ1) is 25.7. The fourth-order valence-electron chi connectivity index (χ4n) is 4.29. The Balaban J connectivity index is 1.41. The Kier molecular flexibility index (Phi) is 6.98. The van der Waals surface area contributed by atoms with Crippen molar-refractivity contribution in [3.05, 3.63) is 106 Å². The van der Waals surface area contributed by atoms with E-state index in [1.54, 1.807) is 48.5 Å². The van der Waals surface area contributed by atoms with Gasteiger partial charge in [0.05, 0.1) is 11.6 Å². The minimum Gasteiger partial charge on any atom is -0.326 e. The summed E-state index contributed by atoms with van der Waals surface area (Å²) in [6.07, 6.45) is 2.83. The Labute approximate surface area is 231 Å². The third kappa shape index (κ3) is 5.36. The van der Waals surface area contributed by atoms with Crippen molar-refractivity contribution < 1.29 is 14.0 Å². The average Bonchev–Trinajstić information content (AvgIpc) is 3.16. The third-order valence-corrected chi connectivity index (χ3v) is 7.46. The Morgan fingerprint density at radius 1 is 1.00 bits per heavy atom. The van der Waals surface area contributed by atoms with Crippen molar-refractivity contribution in [1.29, 1.82) is 0 Å². The molecule has 2 unspecified atom stereocenters. The van der Waals surface area contributed by atoms with Gasteiger partial charge in [-0.3, -0.25) is 9.59 Å². The van der Waals surface area contributed by atoms with Crippen molar-refractivity contribution in [2.24, 2.45) is 5.92 Å². The number of hydrogen-bond donors (Lipinski definition) is 1. The fourth-order valence-corrected chi connectivity index (χ4v) is 5.67. The zero-order chi connectivity index (χ0) is 26.3. The van der Waals surface area contributed by atoms with Crippen LogP contribution in [0.4, 0.5) is 10.1 Å². The highest BCUT2D eigenvalue weighted by atomic mass is 35.5. The van der Waals surface area contributed by atoms with Gasteiger partial charge in [-0.2, -0.15) is 5.10 Å². The number of anilines is 1. The van der Waals surface area contributed by atoms with E-state index in [0.29, 0.717) is 38.1 Å². The number of alkyl halides is 2. The topological polar surface area (TPSA) is 76.9 Å². The summed E-state index contributed by atoms with van der Waals surface area (Å²) in [5.41, 5.74) is 2.43. The molecule has 0 radical (unpaired) electrons. The first-order chi connectivity index (χ1) is 17.6. The minimum atomic E-state index is -1.35. The molecule has 11 heteroatoms. The number of carbonyl (C=O) groups is 2. The van der Waals surface area contributed by atoms with Gasteiger partial charge in [-0.15, -0.1) is 23.2 Å². The van der Waals surface area contributed by atoms with Crippen LogP contribution in [0.5, 0.6) is 0 Å². The number of hydrogen-bond acceptors (Lipinski definition) is 4. The quantitative estimate of drug-likeness (QED) is 0.197. The molecule has 1 fully saturated rings. The van der Waals surface area contributed by atoms with E-state index in [1.807, 2.05) is 0 Å². The second-order valence-electron chi connectivity index (χ2n) is 8.62. The van der Waals surface area contributed by atoms with Gasteiger partial charge in [0.2, 0.25) is 5.91 Å². The SMILES string of the molecule is O=C(Cc1ccc(F)cc1)c1cc(NC(=O)C2C(c3cc(Cl)cc(Cl)c3)C2(Cl)Cl)ccc1-n1cncn1. The van der Waals surface area contributed by atoms with Crippen LogP contribution in [-0.2, 0) is 11.2 Å². The molecule has 1 N–H and O–H groups in total. The molecule has 0 bridgehead atoms. The van der Waals surface area contributed by atoms with Gasteiger partial charge in [-0.1, -0.05) is 35.3 Å². The number of nitrogens with one attached hydrogen (secondary N) is 1. The fraction of sp³-hybridized carbons (Fsp3) is 0.154. The molecule has 37 heavy (non-hydrogen) atoms. The average molecular weight is 578 g/mol. The molecule has 1 aromatic heterocycles. The van der Waals surface area contributed by atoms with E-state index in [4.69, 9.17) is 46.4 Å². The number of Topliss-reactive ketones (excluding diaryl/α,β-unsaturated/α-hetero) is 1. The summed E-state index contributed by atoms with van der Waals surface area (Å²) < 4.78 is 13.4. The van der Waals surface area contributed by atoms with Gasteiger partial charge in [0.15, 0.2) is 5.78 Å². The van der Waals surface area contributed by atoms with E-state index >= 15 is 0 Å². The minimum absolute atomic E-state index is 0.0199. The molecule has 1 aliphatic rings. The van der Waals surface area contributed by atoms with Gasteiger partial charge in [-0.05, 0) is 59.7 Å². The number of rotatable bonds is 7. The van der Waals surface area contributed by atoms with Crippen molar-refractivity contribution in [2.45, 2.75) is 16.7 Å². The Bertz CT molecular complexity index is 1470. The summed E-state index contributed by atoms with van der Waals surface area (Å²) in [4.78, 5) is 30.4. The number of benzene rings is 3. The largest absolute Gasteiger partial charge is 0.326 e. The standard InChI is InChI=1S/C26H17Cl4FN4O2/c27-16-8-15(9-17(28)10-16)23-24(26(23,29)30)25(37)34-19-5-6-21(35-13-32-12-33-35)20(11-19)22(36)7-14-1-3-18(31)4-2-14/h1-6,8-13,23-24H,7H2,(H,34,37). The predicted octanol–water partition coefficient (Wildman–Crippen LogP) is 6.66. The number of carbonyl (C=O) groups excluding carboxylic acids is 2. The van der Waals surface area contributed by atoms with Gasteiger partial charge in [0.25, 0.3) is 0 Å². The lowest BCUT2D eigenvalue weighted by Gasteiger charge is -2.12. The highest BCUT2D eigenvalue weighted by Gasteiger charge is 2.67. The second-order valence-corrected chi connectivity index (χ2v) is 10.9. The molecule has 5 rings (SSSR count). The molecule has 188 valence electrons. The van der Waals surface area contributed by atoms with E-state index in [-0.39, 0.29) is 12.2 Å². The van der Waals surface area contributed by atoms with Crippen molar-refractivity contribution in [2.75, 3.05) is 5.32 Å². The van der Waals surface area contributed by atoms with Crippen molar-refractivity contribution in [1.82, 2.24) is 14.8 Å². The number of amides is 1. The van der Waals surface area contributed by atoms with Crippen molar-refractivity contribution >= 4 is 63.8 Å². The monoisotopic (exact) mass is 576 g/mol. The van der Waals surface area contributed by atoms with Crippen LogP contribution in [0.1, 0.15) is 27.4 Å². The van der Waals surface area contributed by atoms with Gasteiger partial charge in [0, 0.05) is 33.6 Å². The molecule has 1 saturated carbocycles. The van der Waals surface area contributed by atoms with Gasteiger partial charge in [0.1, 0.15) is 22.8 Å². The van der Waals surface area contributed by atoms with Gasteiger partial charge in [-0.25, -0.2) is 14.1 Å². The van der Waals surface area contributed by atoms with Gasteiger partial charge >= 0.3 is 0 Å². The molecule has 1 amide bonds. The van der Waals surface area contributed by atoms with E-state index in [9.17, 15) is 14.0 Å². The second kappa shape index (κ2) is 10.1. The number of ketones is 1. The molecule has 0 aliphatic heterocycles. The molecule has 6 nitrogen and oxygen atoms in total. The Hall–Kier alpha value is -2.97. The summed E-state index contributed by atoms with van der Waals surface area (Å²) >= 11 is 25.2. The number of nitrogens with zero attached hydrogens (tertiary/aromatic N) is 3. The van der Waals surface area contributed by atoms with E-state index < -0.39 is 27.9 Å². The highest BCUT2D eigenvalue weighted by Crippen LogP contribution is 2.65. The molecule has 1 aliphatic carbocycles. The Morgan fingerprint density at radius 3 is 2.35 bits per heavy atom. The van der Waals surface area contributed by atoms with Crippen LogP contribution in [0.15, 0.2) is 73.3 Å². The molecular weight excluding hydrogens is 561 g/mol. The molecule has 1 heterocycles. The summed E-state index contributed by atoms with van der Waals surface area (Å²) in [6.45, 7) is 0. The number of aromatic nitrogens is 3. The molecule has 0 spiro atoms. The van der Waals surface area contributed by atoms with E-state index in [2.05, 4.69) is 15.4 Å². The lowest BCUT2D eigenvalue weighted by atomic mass is 10.0. The maximum absolute atomic E-state index is 13.3. The van der Waals surface area contributed by atoms with E-state index in [1.165, 1.54) is 29.5 Å².